The largest absolute Gasteiger partial charge is 0.480 e. The number of rotatable bonds is 6. The van der Waals surface area contributed by atoms with Gasteiger partial charge in [-0.1, -0.05) is 13.8 Å². The van der Waals surface area contributed by atoms with Crippen LogP contribution in [-0.2, 0) is 24.2 Å². The van der Waals surface area contributed by atoms with Gasteiger partial charge in [0.05, 0.1) is 5.69 Å². The van der Waals surface area contributed by atoms with Crippen molar-refractivity contribution in [1.82, 2.24) is 9.78 Å². The molecule has 0 fully saturated rings. The number of aliphatic carboxylic acids is 1. The molecule has 1 aromatic rings. The summed E-state index contributed by atoms with van der Waals surface area (Å²) in [6.45, 7) is 4.68. The third kappa shape index (κ3) is 3.06. The predicted molar refractivity (Wildman–Crippen MR) is 61.2 cm³/mol. The van der Waals surface area contributed by atoms with Gasteiger partial charge in [0.2, 0.25) is 0 Å². The van der Waals surface area contributed by atoms with Crippen molar-refractivity contribution in [1.29, 1.82) is 0 Å². The Balaban J connectivity index is 2.65. The lowest BCUT2D eigenvalue weighted by atomic mass is 10.2. The van der Waals surface area contributed by atoms with Gasteiger partial charge in [0.15, 0.2) is 0 Å². The number of aromatic nitrogens is 2. The topological polar surface area (TPSA) is 81.1 Å². The summed E-state index contributed by atoms with van der Waals surface area (Å²) in [4.78, 5) is 10.6. The molecule has 16 heavy (non-hydrogen) atoms. The van der Waals surface area contributed by atoms with Crippen LogP contribution in [0.15, 0.2) is 6.07 Å². The van der Waals surface area contributed by atoms with Gasteiger partial charge in [-0.2, -0.15) is 5.10 Å². The second-order valence-corrected chi connectivity index (χ2v) is 3.79. The molecule has 5 heteroatoms. The van der Waals surface area contributed by atoms with Gasteiger partial charge in [-0.25, -0.2) is 0 Å². The number of nitrogens with zero attached hydrogens (tertiary/aromatic N) is 2. The zero-order valence-corrected chi connectivity index (χ0v) is 9.81. The monoisotopic (exact) mass is 225 g/mol. The lowest BCUT2D eigenvalue weighted by Gasteiger charge is -2.08. The standard InChI is InChI=1S/C11H19N3O2/c1-3-8-7-9(4-2)14(13-8)6-5-10(12)11(15)16/h7,10H,3-6,12H2,1-2H3,(H,15,16). The van der Waals surface area contributed by atoms with Crippen LogP contribution in [-0.4, -0.2) is 26.9 Å². The smallest absolute Gasteiger partial charge is 0.320 e. The quantitative estimate of drug-likeness (QED) is 0.750. The van der Waals surface area contributed by atoms with Gasteiger partial charge in [0, 0.05) is 12.2 Å². The van der Waals surface area contributed by atoms with E-state index in [1.54, 1.807) is 0 Å². The molecule has 3 N–H and O–H groups in total. The van der Waals surface area contributed by atoms with E-state index >= 15 is 0 Å². The van der Waals surface area contributed by atoms with Crippen molar-refractivity contribution in [2.45, 2.75) is 45.7 Å². The Morgan fingerprint density at radius 2 is 2.25 bits per heavy atom. The van der Waals surface area contributed by atoms with E-state index in [0.717, 1.165) is 24.2 Å². The fraction of sp³-hybridized carbons (Fsp3) is 0.636. The van der Waals surface area contributed by atoms with Crippen molar-refractivity contribution in [2.24, 2.45) is 5.73 Å². The minimum absolute atomic E-state index is 0.410. The summed E-state index contributed by atoms with van der Waals surface area (Å²) in [5, 5.41) is 13.1. The highest BCUT2D eigenvalue weighted by molar-refractivity contribution is 5.72. The number of carboxylic acid groups (broad SMARTS) is 1. The second-order valence-electron chi connectivity index (χ2n) is 3.79. The molecule has 1 rings (SSSR count). The summed E-state index contributed by atoms with van der Waals surface area (Å²) in [6.07, 6.45) is 2.20. The molecule has 0 aromatic carbocycles. The fourth-order valence-electron chi connectivity index (χ4n) is 1.55. The molecule has 0 saturated heterocycles. The van der Waals surface area contributed by atoms with Gasteiger partial charge in [-0.15, -0.1) is 0 Å². The van der Waals surface area contributed by atoms with Crippen LogP contribution in [0.25, 0.3) is 0 Å². The number of nitrogens with two attached hydrogens (primary N) is 1. The van der Waals surface area contributed by atoms with Crippen molar-refractivity contribution >= 4 is 5.97 Å². The molecule has 0 bridgehead atoms. The summed E-state index contributed by atoms with van der Waals surface area (Å²) >= 11 is 0. The van der Waals surface area contributed by atoms with Crippen LogP contribution in [0.5, 0.6) is 0 Å². The number of carbonyl (C=O) groups is 1. The minimum atomic E-state index is -0.957. The molecule has 1 heterocycles. The Morgan fingerprint density at radius 1 is 1.56 bits per heavy atom. The summed E-state index contributed by atoms with van der Waals surface area (Å²) in [7, 11) is 0. The highest BCUT2D eigenvalue weighted by atomic mass is 16.4. The molecule has 1 aromatic heterocycles. The molecule has 1 atom stereocenters. The maximum absolute atomic E-state index is 10.6. The lowest BCUT2D eigenvalue weighted by molar-refractivity contribution is -0.138. The van der Waals surface area contributed by atoms with Gasteiger partial charge in [-0.05, 0) is 25.3 Å². The second kappa shape index (κ2) is 5.65. The molecule has 0 radical (unpaired) electrons. The average molecular weight is 225 g/mol. The highest BCUT2D eigenvalue weighted by Gasteiger charge is 2.12. The molecule has 0 aliphatic rings. The first-order valence-corrected chi connectivity index (χ1v) is 5.62. The van der Waals surface area contributed by atoms with Crippen LogP contribution < -0.4 is 5.73 Å². The van der Waals surface area contributed by atoms with Crippen molar-refractivity contribution < 1.29 is 9.90 Å². The molecule has 0 saturated carbocycles. The number of aryl methyl sites for hydroxylation is 3. The van der Waals surface area contributed by atoms with Gasteiger partial charge in [-0.3, -0.25) is 9.48 Å². The van der Waals surface area contributed by atoms with E-state index in [1.807, 2.05) is 4.68 Å². The Bertz CT molecular complexity index is 360. The third-order valence-electron chi connectivity index (χ3n) is 2.61. The van der Waals surface area contributed by atoms with Crippen LogP contribution in [0.3, 0.4) is 0 Å². The maximum Gasteiger partial charge on any atom is 0.320 e. The lowest BCUT2D eigenvalue weighted by Crippen LogP contribution is -2.31. The molecule has 5 nitrogen and oxygen atoms in total. The van der Waals surface area contributed by atoms with Crippen molar-refractivity contribution in [3.05, 3.63) is 17.5 Å². The van der Waals surface area contributed by atoms with E-state index in [2.05, 4.69) is 25.0 Å². The van der Waals surface area contributed by atoms with Crippen LogP contribution in [0.4, 0.5) is 0 Å². The SMILES string of the molecule is CCc1cc(CC)n(CCC(N)C(=O)O)n1. The van der Waals surface area contributed by atoms with E-state index in [1.165, 1.54) is 0 Å². The van der Waals surface area contributed by atoms with Crippen molar-refractivity contribution in [3.8, 4) is 0 Å². The Morgan fingerprint density at radius 3 is 2.75 bits per heavy atom. The Kier molecular flexibility index (Phi) is 4.49. The van der Waals surface area contributed by atoms with E-state index in [9.17, 15) is 4.79 Å². The minimum Gasteiger partial charge on any atom is -0.480 e. The summed E-state index contributed by atoms with van der Waals surface area (Å²) < 4.78 is 1.86. The van der Waals surface area contributed by atoms with Gasteiger partial charge in [0.1, 0.15) is 6.04 Å². The van der Waals surface area contributed by atoms with Gasteiger partial charge in [0.25, 0.3) is 0 Å². The number of hydrogen-bond donors (Lipinski definition) is 2. The van der Waals surface area contributed by atoms with Crippen molar-refractivity contribution in [2.75, 3.05) is 0 Å². The molecule has 1 unspecified atom stereocenters. The molecule has 90 valence electrons. The predicted octanol–water partition coefficient (Wildman–Crippen LogP) is 0.810. The van der Waals surface area contributed by atoms with E-state index in [0.29, 0.717) is 13.0 Å². The molecule has 0 amide bonds. The fourth-order valence-corrected chi connectivity index (χ4v) is 1.55. The normalized spacial score (nSPS) is 12.7. The Labute approximate surface area is 95.3 Å². The first-order chi connectivity index (χ1) is 7.58. The maximum atomic E-state index is 10.6. The summed E-state index contributed by atoms with van der Waals surface area (Å²) in [5.74, 6) is -0.957. The Hall–Kier alpha value is -1.36. The van der Waals surface area contributed by atoms with E-state index in [-0.39, 0.29) is 0 Å². The van der Waals surface area contributed by atoms with Crippen LogP contribution in [0.2, 0.25) is 0 Å². The third-order valence-corrected chi connectivity index (χ3v) is 2.61. The molecule has 0 aliphatic heterocycles. The molecule has 0 spiro atoms. The van der Waals surface area contributed by atoms with Crippen LogP contribution in [0.1, 0.15) is 31.7 Å². The zero-order valence-electron chi connectivity index (χ0n) is 9.81. The molecule has 0 aliphatic carbocycles. The first-order valence-electron chi connectivity index (χ1n) is 5.62. The van der Waals surface area contributed by atoms with Crippen LogP contribution in [0, 0.1) is 0 Å². The summed E-state index contributed by atoms with van der Waals surface area (Å²) in [6, 6.07) is 1.26. The highest BCUT2D eigenvalue weighted by Crippen LogP contribution is 2.07. The number of carboxylic acids is 1. The molecular formula is C11H19N3O2. The van der Waals surface area contributed by atoms with Gasteiger partial charge < -0.3 is 10.8 Å². The van der Waals surface area contributed by atoms with Crippen LogP contribution >= 0.6 is 0 Å². The number of hydrogen-bond acceptors (Lipinski definition) is 3. The van der Waals surface area contributed by atoms with Crippen molar-refractivity contribution in [3.63, 3.8) is 0 Å². The first kappa shape index (κ1) is 12.7. The molecular weight excluding hydrogens is 206 g/mol. The average Bonchev–Trinajstić information content (AvgIpc) is 2.68. The zero-order chi connectivity index (χ0) is 12.1. The van der Waals surface area contributed by atoms with E-state index in [4.69, 9.17) is 10.8 Å². The van der Waals surface area contributed by atoms with E-state index < -0.39 is 12.0 Å². The summed E-state index contributed by atoms with van der Waals surface area (Å²) in [5.41, 5.74) is 7.63. The van der Waals surface area contributed by atoms with Gasteiger partial charge >= 0.3 is 5.97 Å².